The predicted molar refractivity (Wildman–Crippen MR) is 76.1 cm³/mol. The number of carbonyl (C=O) groups is 2. The molecule has 0 bridgehead atoms. The average molecular weight is 329 g/mol. The van der Waals surface area contributed by atoms with Gasteiger partial charge in [0.25, 0.3) is 5.91 Å². The molecule has 19 heavy (non-hydrogen) atoms. The highest BCUT2D eigenvalue weighted by Crippen LogP contribution is 2.25. The third-order valence-electron chi connectivity index (χ3n) is 2.28. The van der Waals surface area contributed by atoms with Gasteiger partial charge in [0.15, 0.2) is 0 Å². The van der Waals surface area contributed by atoms with E-state index in [0.717, 1.165) is 4.47 Å². The monoisotopic (exact) mass is 328 g/mol. The van der Waals surface area contributed by atoms with Crippen molar-refractivity contribution in [3.05, 3.63) is 28.2 Å². The minimum absolute atomic E-state index is 0.0534. The lowest BCUT2D eigenvalue weighted by Crippen LogP contribution is -2.35. The Bertz CT molecular complexity index is 489. The molecule has 0 atom stereocenters. The van der Waals surface area contributed by atoms with Gasteiger partial charge in [-0.2, -0.15) is 0 Å². The van der Waals surface area contributed by atoms with Crippen LogP contribution in [0, 0.1) is 0 Å². The maximum Gasteiger partial charge on any atom is 0.257 e. The molecular weight excluding hydrogens is 312 g/mol. The summed E-state index contributed by atoms with van der Waals surface area (Å²) < 4.78 is 6.43. The first-order chi connectivity index (χ1) is 8.81. The van der Waals surface area contributed by atoms with E-state index in [1.54, 1.807) is 18.2 Å². The van der Waals surface area contributed by atoms with Crippen molar-refractivity contribution < 1.29 is 14.3 Å². The number of nitrogens with zero attached hydrogens (tertiary/aromatic N) is 1. The smallest absolute Gasteiger partial charge is 0.257 e. The van der Waals surface area contributed by atoms with Gasteiger partial charge < -0.3 is 15.4 Å². The molecule has 1 rings (SSSR count). The number of likely N-dealkylation sites (N-methyl/N-ethyl adjacent to an activating group) is 1. The molecule has 0 saturated carbocycles. The first-order valence-electron chi connectivity index (χ1n) is 5.81. The zero-order valence-corrected chi connectivity index (χ0v) is 12.7. The van der Waals surface area contributed by atoms with E-state index in [9.17, 15) is 9.59 Å². The van der Waals surface area contributed by atoms with Crippen LogP contribution in [0.25, 0.3) is 0 Å². The van der Waals surface area contributed by atoms with Crippen LogP contribution in [0.2, 0.25) is 0 Å². The van der Waals surface area contributed by atoms with E-state index in [0.29, 0.717) is 11.3 Å². The van der Waals surface area contributed by atoms with Crippen molar-refractivity contribution in [2.75, 3.05) is 13.6 Å². The van der Waals surface area contributed by atoms with Gasteiger partial charge >= 0.3 is 0 Å². The van der Waals surface area contributed by atoms with Crippen molar-refractivity contribution >= 4 is 27.7 Å². The summed E-state index contributed by atoms with van der Waals surface area (Å²) in [5.74, 6) is -0.382. The van der Waals surface area contributed by atoms with Gasteiger partial charge in [-0.05, 0) is 32.0 Å². The largest absolute Gasteiger partial charge is 0.490 e. The van der Waals surface area contributed by atoms with Crippen LogP contribution in [0.5, 0.6) is 5.75 Å². The van der Waals surface area contributed by atoms with Crippen LogP contribution in [0.4, 0.5) is 0 Å². The summed E-state index contributed by atoms with van der Waals surface area (Å²) in [6.07, 6.45) is -0.0534. The van der Waals surface area contributed by atoms with E-state index in [-0.39, 0.29) is 18.6 Å². The third kappa shape index (κ3) is 4.55. The maximum atomic E-state index is 12.2. The highest BCUT2D eigenvalue weighted by Gasteiger charge is 2.19. The molecule has 0 fully saturated rings. The molecular formula is C13H17BrN2O3. The molecule has 0 spiro atoms. The number of halogens is 1. The summed E-state index contributed by atoms with van der Waals surface area (Å²) in [4.78, 5) is 24.3. The van der Waals surface area contributed by atoms with Gasteiger partial charge in [0.2, 0.25) is 5.91 Å². The lowest BCUT2D eigenvalue weighted by Gasteiger charge is -2.19. The average Bonchev–Trinajstić information content (AvgIpc) is 2.26. The topological polar surface area (TPSA) is 72.6 Å². The lowest BCUT2D eigenvalue weighted by molar-refractivity contribution is -0.118. The quantitative estimate of drug-likeness (QED) is 0.895. The molecule has 0 aliphatic rings. The Balaban J connectivity index is 3.04. The predicted octanol–water partition coefficient (Wildman–Crippen LogP) is 1.79. The van der Waals surface area contributed by atoms with Crippen LogP contribution in [0.15, 0.2) is 22.7 Å². The number of primary amides is 1. The van der Waals surface area contributed by atoms with Crippen molar-refractivity contribution in [3.63, 3.8) is 0 Å². The molecule has 2 N–H and O–H groups in total. The molecule has 0 unspecified atom stereocenters. The summed E-state index contributed by atoms with van der Waals surface area (Å²) in [6, 6.07) is 5.13. The second kappa shape index (κ2) is 6.56. The molecule has 0 aromatic heterocycles. The third-order valence-corrected chi connectivity index (χ3v) is 2.77. The normalized spacial score (nSPS) is 10.4. The van der Waals surface area contributed by atoms with Crippen molar-refractivity contribution in [3.8, 4) is 5.75 Å². The molecule has 1 aromatic carbocycles. The Morgan fingerprint density at radius 2 is 2.05 bits per heavy atom. The molecule has 5 nitrogen and oxygen atoms in total. The highest BCUT2D eigenvalue weighted by molar-refractivity contribution is 9.10. The van der Waals surface area contributed by atoms with Gasteiger partial charge in [0, 0.05) is 11.5 Å². The minimum Gasteiger partial charge on any atom is -0.490 e. The number of rotatable bonds is 5. The first kappa shape index (κ1) is 15.5. The second-order valence-electron chi connectivity index (χ2n) is 4.43. The highest BCUT2D eigenvalue weighted by atomic mass is 79.9. The van der Waals surface area contributed by atoms with Gasteiger partial charge in [-0.25, -0.2) is 0 Å². The van der Waals surface area contributed by atoms with Gasteiger partial charge in [-0.15, -0.1) is 0 Å². The van der Waals surface area contributed by atoms with E-state index in [4.69, 9.17) is 10.5 Å². The standard InChI is InChI=1S/C13H17BrN2O3/c1-8(2)19-11-6-9(14)4-5-10(11)13(18)16(3)7-12(15)17/h4-6,8H,7H2,1-3H3,(H2,15,17). The van der Waals surface area contributed by atoms with Crippen molar-refractivity contribution in [2.45, 2.75) is 20.0 Å². The van der Waals surface area contributed by atoms with Gasteiger partial charge in [0.1, 0.15) is 5.75 Å². The molecule has 0 aliphatic carbocycles. The van der Waals surface area contributed by atoms with E-state index in [2.05, 4.69) is 15.9 Å². The van der Waals surface area contributed by atoms with Crippen molar-refractivity contribution in [2.24, 2.45) is 5.73 Å². The van der Waals surface area contributed by atoms with Crippen LogP contribution in [-0.4, -0.2) is 36.4 Å². The fourth-order valence-electron chi connectivity index (χ4n) is 1.54. The fraction of sp³-hybridized carbons (Fsp3) is 0.385. The summed E-state index contributed by atoms with van der Waals surface area (Å²) in [5, 5.41) is 0. The van der Waals surface area contributed by atoms with Gasteiger partial charge in [0.05, 0.1) is 18.2 Å². The Hall–Kier alpha value is -1.56. The van der Waals surface area contributed by atoms with Gasteiger partial charge in [-0.3, -0.25) is 9.59 Å². The van der Waals surface area contributed by atoms with Crippen molar-refractivity contribution in [1.29, 1.82) is 0 Å². The first-order valence-corrected chi connectivity index (χ1v) is 6.60. The van der Waals surface area contributed by atoms with E-state index < -0.39 is 5.91 Å². The number of hydrogen-bond donors (Lipinski definition) is 1. The fourth-order valence-corrected chi connectivity index (χ4v) is 1.88. The Kier molecular flexibility index (Phi) is 5.35. The van der Waals surface area contributed by atoms with Crippen LogP contribution >= 0.6 is 15.9 Å². The summed E-state index contributed by atoms with van der Waals surface area (Å²) in [5.41, 5.74) is 5.48. The van der Waals surface area contributed by atoms with Crippen molar-refractivity contribution in [1.82, 2.24) is 4.90 Å². The zero-order valence-electron chi connectivity index (χ0n) is 11.1. The van der Waals surface area contributed by atoms with E-state index >= 15 is 0 Å². The molecule has 0 saturated heterocycles. The molecule has 0 radical (unpaired) electrons. The van der Waals surface area contributed by atoms with E-state index in [1.165, 1.54) is 11.9 Å². The SMILES string of the molecule is CC(C)Oc1cc(Br)ccc1C(=O)N(C)CC(N)=O. The van der Waals surface area contributed by atoms with Crippen LogP contribution in [-0.2, 0) is 4.79 Å². The summed E-state index contributed by atoms with van der Waals surface area (Å²) in [7, 11) is 1.52. The Labute approximate surface area is 120 Å². The number of carbonyl (C=O) groups excluding carboxylic acids is 2. The summed E-state index contributed by atoms with van der Waals surface area (Å²) >= 11 is 3.33. The molecule has 104 valence electrons. The van der Waals surface area contributed by atoms with E-state index in [1.807, 2.05) is 13.8 Å². The molecule has 1 aromatic rings. The lowest BCUT2D eigenvalue weighted by atomic mass is 10.1. The maximum absolute atomic E-state index is 12.2. The molecule has 0 heterocycles. The second-order valence-corrected chi connectivity index (χ2v) is 5.35. The number of amides is 2. The zero-order chi connectivity index (χ0) is 14.6. The number of hydrogen-bond acceptors (Lipinski definition) is 3. The number of ether oxygens (including phenoxy) is 1. The number of nitrogens with two attached hydrogens (primary N) is 1. The van der Waals surface area contributed by atoms with Crippen LogP contribution in [0.1, 0.15) is 24.2 Å². The molecule has 0 aliphatic heterocycles. The minimum atomic E-state index is -0.556. The number of benzene rings is 1. The molecule has 6 heteroatoms. The molecule has 2 amide bonds. The van der Waals surface area contributed by atoms with Crippen LogP contribution in [0.3, 0.4) is 0 Å². The van der Waals surface area contributed by atoms with Crippen LogP contribution < -0.4 is 10.5 Å². The Morgan fingerprint density at radius 1 is 1.42 bits per heavy atom. The Morgan fingerprint density at radius 3 is 2.58 bits per heavy atom. The van der Waals surface area contributed by atoms with Gasteiger partial charge in [-0.1, -0.05) is 15.9 Å². The summed E-state index contributed by atoms with van der Waals surface area (Å²) in [6.45, 7) is 3.63.